The summed E-state index contributed by atoms with van der Waals surface area (Å²) >= 11 is 0. The van der Waals surface area contributed by atoms with E-state index in [-0.39, 0.29) is 0 Å². The van der Waals surface area contributed by atoms with Crippen molar-refractivity contribution in [2.24, 2.45) is 0 Å². The first-order chi connectivity index (χ1) is 10.3. The van der Waals surface area contributed by atoms with Crippen molar-refractivity contribution in [1.29, 1.82) is 0 Å². The molecule has 0 amide bonds. The van der Waals surface area contributed by atoms with E-state index in [0.717, 1.165) is 30.9 Å². The molecule has 0 aliphatic carbocycles. The van der Waals surface area contributed by atoms with Crippen LogP contribution in [-0.2, 0) is 4.43 Å². The summed E-state index contributed by atoms with van der Waals surface area (Å²) in [4.78, 5) is 0. The van der Waals surface area contributed by atoms with Crippen LogP contribution in [0.5, 0.6) is 5.75 Å². The molecule has 21 heavy (non-hydrogen) atoms. The van der Waals surface area contributed by atoms with E-state index in [4.69, 9.17) is 8.85 Å². The normalized spacial score (nSPS) is 11.6. The van der Waals surface area contributed by atoms with Crippen molar-refractivity contribution in [3.8, 4) is 5.75 Å². The molecule has 1 aromatic carbocycles. The van der Waals surface area contributed by atoms with Crippen molar-refractivity contribution in [2.75, 3.05) is 6.61 Å². The van der Waals surface area contributed by atoms with Crippen LogP contribution in [0.2, 0.25) is 12.1 Å². The average Bonchev–Trinajstić information content (AvgIpc) is 2.52. The third-order valence-corrected chi connectivity index (χ3v) is 7.30. The lowest BCUT2D eigenvalue weighted by Crippen LogP contribution is -2.45. The predicted molar refractivity (Wildman–Crippen MR) is 93.1 cm³/mol. The zero-order valence-electron chi connectivity index (χ0n) is 14.1. The molecule has 3 heteroatoms. The molecule has 0 saturated carbocycles. The van der Waals surface area contributed by atoms with Crippen LogP contribution in [0.25, 0.3) is 0 Å². The maximum Gasteiger partial charge on any atom is 0.398 e. The Labute approximate surface area is 132 Å². The number of benzene rings is 1. The summed E-state index contributed by atoms with van der Waals surface area (Å²) in [5.41, 5.74) is 0. The summed E-state index contributed by atoms with van der Waals surface area (Å²) in [6.07, 6.45) is 7.12. The fraction of sp³-hybridized carbons (Fsp3) is 0.667. The van der Waals surface area contributed by atoms with Gasteiger partial charge in [-0.15, -0.1) is 0 Å². The van der Waals surface area contributed by atoms with Crippen molar-refractivity contribution < 1.29 is 8.85 Å². The van der Waals surface area contributed by atoms with Crippen LogP contribution in [0.1, 0.15) is 59.3 Å². The second-order valence-electron chi connectivity index (χ2n) is 5.73. The molecular weight excluding hydrogens is 276 g/mol. The summed E-state index contributed by atoms with van der Waals surface area (Å²) in [5.74, 6) is 0.980. The van der Waals surface area contributed by atoms with Crippen molar-refractivity contribution >= 4 is 8.56 Å². The summed E-state index contributed by atoms with van der Waals surface area (Å²) < 4.78 is 12.9. The molecule has 0 atom stereocenters. The van der Waals surface area contributed by atoms with Gasteiger partial charge in [0.2, 0.25) is 0 Å². The average molecular weight is 309 g/mol. The van der Waals surface area contributed by atoms with Crippen LogP contribution < -0.4 is 4.43 Å². The minimum atomic E-state index is -2.12. The molecular formula is C18H32O2Si. The molecule has 0 fully saturated rings. The third-order valence-electron chi connectivity index (χ3n) is 3.73. The maximum absolute atomic E-state index is 6.47. The molecule has 1 rings (SSSR count). The number of hydrogen-bond acceptors (Lipinski definition) is 2. The first-order valence-electron chi connectivity index (χ1n) is 8.64. The van der Waals surface area contributed by atoms with Gasteiger partial charge >= 0.3 is 8.56 Å². The Bertz CT molecular complexity index is 345. The molecule has 0 aliphatic rings. The van der Waals surface area contributed by atoms with Crippen LogP contribution in [0, 0.1) is 0 Å². The van der Waals surface area contributed by atoms with Gasteiger partial charge in [0.25, 0.3) is 0 Å². The highest BCUT2D eigenvalue weighted by Crippen LogP contribution is 2.27. The Morgan fingerprint density at radius 2 is 1.38 bits per heavy atom. The minimum Gasteiger partial charge on any atom is -0.520 e. The fourth-order valence-electron chi connectivity index (χ4n) is 2.40. The smallest absolute Gasteiger partial charge is 0.398 e. The topological polar surface area (TPSA) is 18.5 Å². The fourth-order valence-corrected chi connectivity index (χ4v) is 6.07. The monoisotopic (exact) mass is 308 g/mol. The number of unbranched alkanes of at least 4 members (excludes halogenated alkanes) is 3. The van der Waals surface area contributed by atoms with E-state index in [1.807, 2.05) is 18.2 Å². The van der Waals surface area contributed by atoms with Crippen LogP contribution in [-0.4, -0.2) is 15.2 Å². The third kappa shape index (κ3) is 7.14. The lowest BCUT2D eigenvalue weighted by molar-refractivity contribution is 0.228. The van der Waals surface area contributed by atoms with Gasteiger partial charge < -0.3 is 8.85 Å². The molecule has 0 unspecified atom stereocenters. The Morgan fingerprint density at radius 3 is 1.90 bits per heavy atom. The van der Waals surface area contributed by atoms with Gasteiger partial charge in [0.05, 0.1) is 0 Å². The zero-order valence-corrected chi connectivity index (χ0v) is 15.1. The van der Waals surface area contributed by atoms with Gasteiger partial charge in [0.15, 0.2) is 0 Å². The highest BCUT2D eigenvalue weighted by atomic mass is 28.4. The molecule has 0 radical (unpaired) electrons. The molecule has 0 aromatic heterocycles. The van der Waals surface area contributed by atoms with Crippen molar-refractivity contribution in [3.63, 3.8) is 0 Å². The summed E-state index contributed by atoms with van der Waals surface area (Å²) in [7, 11) is -2.12. The Morgan fingerprint density at radius 1 is 0.810 bits per heavy atom. The van der Waals surface area contributed by atoms with E-state index >= 15 is 0 Å². The van der Waals surface area contributed by atoms with Crippen molar-refractivity contribution in [3.05, 3.63) is 30.3 Å². The standard InChI is InChI=1S/C18H32O2Si/c1-4-7-15-19-21(16-8-5-2,17-9-6-3)20-18-13-11-10-12-14-18/h10-14H,4-9,15-17H2,1-3H3. The van der Waals surface area contributed by atoms with Gasteiger partial charge in [-0.2, -0.15) is 0 Å². The largest absolute Gasteiger partial charge is 0.520 e. The van der Waals surface area contributed by atoms with E-state index in [9.17, 15) is 0 Å². The minimum absolute atomic E-state index is 0.850. The van der Waals surface area contributed by atoms with E-state index in [1.165, 1.54) is 32.1 Å². The quantitative estimate of drug-likeness (QED) is 0.352. The summed E-state index contributed by atoms with van der Waals surface area (Å²) in [5, 5.41) is 0. The van der Waals surface area contributed by atoms with Gasteiger partial charge in [0, 0.05) is 18.7 Å². The Balaban J connectivity index is 2.79. The number of hydrogen-bond donors (Lipinski definition) is 0. The van der Waals surface area contributed by atoms with E-state index in [0.29, 0.717) is 0 Å². The van der Waals surface area contributed by atoms with Gasteiger partial charge in [-0.05, 0) is 18.6 Å². The number of rotatable bonds is 12. The number of para-hydroxylation sites is 1. The first kappa shape index (κ1) is 18.2. The highest BCUT2D eigenvalue weighted by molar-refractivity contribution is 6.68. The van der Waals surface area contributed by atoms with E-state index < -0.39 is 8.56 Å². The van der Waals surface area contributed by atoms with Crippen molar-refractivity contribution in [2.45, 2.75) is 71.4 Å². The summed E-state index contributed by atoms with van der Waals surface area (Å²) in [6, 6.07) is 12.5. The van der Waals surface area contributed by atoms with E-state index in [2.05, 4.69) is 32.9 Å². The van der Waals surface area contributed by atoms with E-state index in [1.54, 1.807) is 0 Å². The lowest BCUT2D eigenvalue weighted by atomic mass is 10.3. The Hall–Kier alpha value is -0.803. The van der Waals surface area contributed by atoms with Crippen LogP contribution in [0.15, 0.2) is 30.3 Å². The van der Waals surface area contributed by atoms with Crippen molar-refractivity contribution in [1.82, 2.24) is 0 Å². The molecule has 0 heterocycles. The summed E-state index contributed by atoms with van der Waals surface area (Å²) in [6.45, 7) is 7.55. The molecule has 120 valence electrons. The first-order valence-corrected chi connectivity index (χ1v) is 10.9. The van der Waals surface area contributed by atoms with Gasteiger partial charge in [-0.25, -0.2) is 0 Å². The van der Waals surface area contributed by atoms with Crippen LogP contribution >= 0.6 is 0 Å². The zero-order chi connectivity index (χ0) is 15.4. The SMILES string of the molecule is CCCCO[Si](CCCC)(CCCC)Oc1ccccc1. The predicted octanol–water partition coefficient (Wildman–Crippen LogP) is 5.92. The molecule has 0 aliphatic heterocycles. The Kier molecular flexibility index (Phi) is 9.43. The molecule has 0 N–H and O–H groups in total. The molecule has 1 aromatic rings. The van der Waals surface area contributed by atoms with Crippen LogP contribution in [0.3, 0.4) is 0 Å². The maximum atomic E-state index is 6.47. The molecule has 2 nitrogen and oxygen atoms in total. The van der Waals surface area contributed by atoms with Gasteiger partial charge in [-0.3, -0.25) is 0 Å². The van der Waals surface area contributed by atoms with Gasteiger partial charge in [0.1, 0.15) is 5.75 Å². The van der Waals surface area contributed by atoms with Crippen LogP contribution in [0.4, 0.5) is 0 Å². The highest BCUT2D eigenvalue weighted by Gasteiger charge is 2.38. The molecule has 0 bridgehead atoms. The molecule has 0 spiro atoms. The lowest BCUT2D eigenvalue weighted by Gasteiger charge is -2.31. The second-order valence-corrected chi connectivity index (χ2v) is 9.05. The van der Waals surface area contributed by atoms with Gasteiger partial charge in [-0.1, -0.05) is 71.1 Å². The second kappa shape index (κ2) is 10.9. The molecule has 0 saturated heterocycles.